The third-order valence-electron chi connectivity index (χ3n) is 3.55. The van der Waals surface area contributed by atoms with Crippen molar-refractivity contribution in [3.63, 3.8) is 0 Å². The molecule has 0 aromatic carbocycles. The fourth-order valence-corrected chi connectivity index (χ4v) is 2.21. The van der Waals surface area contributed by atoms with E-state index in [2.05, 4.69) is 20.7 Å². The minimum absolute atomic E-state index is 0.0390. The van der Waals surface area contributed by atoms with E-state index in [9.17, 15) is 4.79 Å². The topological polar surface area (TPSA) is 71.3 Å². The molecule has 0 saturated heterocycles. The van der Waals surface area contributed by atoms with Crippen LogP contribution in [0.2, 0.25) is 0 Å². The van der Waals surface area contributed by atoms with Crippen LogP contribution in [0.1, 0.15) is 36.7 Å². The van der Waals surface area contributed by atoms with Crippen molar-refractivity contribution in [2.24, 2.45) is 0 Å². The van der Waals surface area contributed by atoms with Gasteiger partial charge in [0.1, 0.15) is 11.5 Å². The Labute approximate surface area is 111 Å². The van der Waals surface area contributed by atoms with Crippen LogP contribution in [0.4, 0.5) is 11.5 Å². The van der Waals surface area contributed by atoms with Gasteiger partial charge in [-0.25, -0.2) is 9.50 Å². The van der Waals surface area contributed by atoms with Crippen LogP contribution in [-0.2, 0) is 0 Å². The van der Waals surface area contributed by atoms with Gasteiger partial charge in [0, 0.05) is 26.1 Å². The van der Waals surface area contributed by atoms with Gasteiger partial charge in [-0.3, -0.25) is 4.79 Å². The standard InChI is InChI=1S/C13H17N5O/c1-8(19)11-7-15-13-10(16-9-4-3-5-9)6-12(14-2)17-18(11)13/h6-7,9,16H,3-5H2,1-2H3,(H,14,17). The van der Waals surface area contributed by atoms with Crippen LogP contribution >= 0.6 is 0 Å². The molecule has 1 aliphatic rings. The molecule has 0 unspecified atom stereocenters. The van der Waals surface area contributed by atoms with Gasteiger partial charge in [-0.2, -0.15) is 0 Å². The predicted molar refractivity (Wildman–Crippen MR) is 73.8 cm³/mol. The second kappa shape index (κ2) is 4.53. The van der Waals surface area contributed by atoms with Crippen molar-refractivity contribution >= 4 is 22.9 Å². The number of anilines is 2. The summed E-state index contributed by atoms with van der Waals surface area (Å²) in [6.45, 7) is 1.52. The van der Waals surface area contributed by atoms with E-state index >= 15 is 0 Å². The van der Waals surface area contributed by atoms with Crippen molar-refractivity contribution in [1.29, 1.82) is 0 Å². The summed E-state index contributed by atoms with van der Waals surface area (Å²) in [5.41, 5.74) is 2.14. The third kappa shape index (κ3) is 2.03. The first kappa shape index (κ1) is 12.0. The zero-order valence-electron chi connectivity index (χ0n) is 11.1. The summed E-state index contributed by atoms with van der Waals surface area (Å²) in [7, 11) is 1.81. The number of carbonyl (C=O) groups is 1. The molecule has 3 rings (SSSR count). The number of fused-ring (bicyclic) bond motifs is 1. The number of rotatable bonds is 4. The van der Waals surface area contributed by atoms with Crippen LogP contribution in [0.5, 0.6) is 0 Å². The Morgan fingerprint density at radius 2 is 2.26 bits per heavy atom. The van der Waals surface area contributed by atoms with Crippen LogP contribution in [0.15, 0.2) is 12.3 Å². The minimum Gasteiger partial charge on any atom is -0.379 e. The largest absolute Gasteiger partial charge is 0.379 e. The summed E-state index contributed by atoms with van der Waals surface area (Å²) in [5.74, 6) is 0.678. The average Bonchev–Trinajstić information content (AvgIpc) is 2.77. The molecule has 0 radical (unpaired) electrons. The molecule has 6 heteroatoms. The van der Waals surface area contributed by atoms with Crippen molar-refractivity contribution in [2.45, 2.75) is 32.2 Å². The fourth-order valence-electron chi connectivity index (χ4n) is 2.21. The van der Waals surface area contributed by atoms with Crippen LogP contribution in [0.3, 0.4) is 0 Å². The first-order chi connectivity index (χ1) is 9.19. The zero-order chi connectivity index (χ0) is 13.4. The highest BCUT2D eigenvalue weighted by molar-refractivity contribution is 5.93. The van der Waals surface area contributed by atoms with Crippen molar-refractivity contribution in [2.75, 3.05) is 17.7 Å². The number of ketones is 1. The maximum Gasteiger partial charge on any atom is 0.179 e. The highest BCUT2D eigenvalue weighted by Gasteiger charge is 2.20. The van der Waals surface area contributed by atoms with Crippen molar-refractivity contribution < 1.29 is 4.79 Å². The molecule has 19 heavy (non-hydrogen) atoms. The number of carbonyl (C=O) groups excluding carboxylic acids is 1. The summed E-state index contributed by atoms with van der Waals surface area (Å²) >= 11 is 0. The molecule has 0 atom stereocenters. The fraction of sp³-hybridized carbons (Fsp3) is 0.462. The molecule has 2 N–H and O–H groups in total. The van der Waals surface area contributed by atoms with E-state index in [1.165, 1.54) is 26.2 Å². The first-order valence-electron chi connectivity index (χ1n) is 6.53. The van der Waals surface area contributed by atoms with Crippen molar-refractivity contribution in [1.82, 2.24) is 14.6 Å². The molecule has 100 valence electrons. The maximum absolute atomic E-state index is 11.6. The molecule has 6 nitrogen and oxygen atoms in total. The number of nitrogens with one attached hydrogen (secondary N) is 2. The van der Waals surface area contributed by atoms with Crippen LogP contribution < -0.4 is 10.6 Å². The number of hydrogen-bond acceptors (Lipinski definition) is 5. The van der Waals surface area contributed by atoms with E-state index < -0.39 is 0 Å². The smallest absolute Gasteiger partial charge is 0.179 e. The van der Waals surface area contributed by atoms with E-state index in [-0.39, 0.29) is 5.78 Å². The van der Waals surface area contributed by atoms with Gasteiger partial charge in [-0.1, -0.05) is 0 Å². The van der Waals surface area contributed by atoms with E-state index in [0.29, 0.717) is 17.4 Å². The Bertz CT molecular complexity index is 629. The van der Waals surface area contributed by atoms with Gasteiger partial charge < -0.3 is 10.6 Å². The SMILES string of the molecule is CNc1cc(NC2CCC2)c2ncc(C(C)=O)n2n1. The van der Waals surface area contributed by atoms with Gasteiger partial charge in [0.2, 0.25) is 0 Å². The maximum atomic E-state index is 11.6. The summed E-state index contributed by atoms with van der Waals surface area (Å²) < 4.78 is 1.61. The second-order valence-electron chi connectivity index (χ2n) is 4.90. The Morgan fingerprint density at radius 1 is 1.47 bits per heavy atom. The lowest BCUT2D eigenvalue weighted by Gasteiger charge is -2.27. The highest BCUT2D eigenvalue weighted by atomic mass is 16.1. The molecule has 0 bridgehead atoms. The molecule has 0 aliphatic heterocycles. The molecular formula is C13H17N5O. The van der Waals surface area contributed by atoms with Gasteiger partial charge >= 0.3 is 0 Å². The van der Waals surface area contributed by atoms with Crippen LogP contribution in [0.25, 0.3) is 5.65 Å². The van der Waals surface area contributed by atoms with E-state index in [1.54, 1.807) is 10.7 Å². The number of hydrogen-bond donors (Lipinski definition) is 2. The normalized spacial score (nSPS) is 15.3. The van der Waals surface area contributed by atoms with Gasteiger partial charge in [0.25, 0.3) is 0 Å². The van der Waals surface area contributed by atoms with Gasteiger partial charge in [0.15, 0.2) is 11.4 Å². The molecular weight excluding hydrogens is 242 g/mol. The molecule has 2 aromatic heterocycles. The monoisotopic (exact) mass is 259 g/mol. The molecule has 2 aromatic rings. The molecule has 1 saturated carbocycles. The Morgan fingerprint density at radius 3 is 2.84 bits per heavy atom. The third-order valence-corrected chi connectivity index (χ3v) is 3.55. The Balaban J connectivity index is 2.10. The average molecular weight is 259 g/mol. The molecule has 0 amide bonds. The van der Waals surface area contributed by atoms with Gasteiger partial charge in [-0.05, 0) is 19.3 Å². The first-order valence-corrected chi connectivity index (χ1v) is 6.53. The summed E-state index contributed by atoms with van der Waals surface area (Å²) in [4.78, 5) is 15.9. The summed E-state index contributed by atoms with van der Waals surface area (Å²) in [5, 5.41) is 10.9. The Kier molecular flexibility index (Phi) is 2.85. The highest BCUT2D eigenvalue weighted by Crippen LogP contribution is 2.27. The molecule has 1 fully saturated rings. The molecule has 2 heterocycles. The quantitative estimate of drug-likeness (QED) is 0.821. The predicted octanol–water partition coefficient (Wildman–Crippen LogP) is 1.94. The lowest BCUT2D eigenvalue weighted by Crippen LogP contribution is -2.27. The van der Waals surface area contributed by atoms with Crippen LogP contribution in [0, 0.1) is 0 Å². The lowest BCUT2D eigenvalue weighted by molar-refractivity contribution is 0.101. The number of nitrogens with zero attached hydrogens (tertiary/aromatic N) is 3. The lowest BCUT2D eigenvalue weighted by atomic mass is 9.93. The van der Waals surface area contributed by atoms with E-state index in [1.807, 2.05) is 13.1 Å². The van der Waals surface area contributed by atoms with Crippen molar-refractivity contribution in [3.8, 4) is 0 Å². The minimum atomic E-state index is -0.0390. The number of Topliss-reactive ketones (excluding diaryl/α,β-unsaturated/α-hetero) is 1. The summed E-state index contributed by atoms with van der Waals surface area (Å²) in [6, 6.07) is 2.44. The van der Waals surface area contributed by atoms with E-state index in [4.69, 9.17) is 0 Å². The van der Waals surface area contributed by atoms with Gasteiger partial charge in [0.05, 0.1) is 11.9 Å². The summed E-state index contributed by atoms with van der Waals surface area (Å²) in [6.07, 6.45) is 5.22. The zero-order valence-corrected chi connectivity index (χ0v) is 11.1. The van der Waals surface area contributed by atoms with Gasteiger partial charge in [-0.15, -0.1) is 5.10 Å². The van der Waals surface area contributed by atoms with Crippen LogP contribution in [-0.4, -0.2) is 33.5 Å². The van der Waals surface area contributed by atoms with Crippen molar-refractivity contribution in [3.05, 3.63) is 18.0 Å². The van der Waals surface area contributed by atoms with E-state index in [0.717, 1.165) is 11.5 Å². The Hall–Kier alpha value is -2.11. The molecule has 0 spiro atoms. The second-order valence-corrected chi connectivity index (χ2v) is 4.90. The molecule has 1 aliphatic carbocycles. The number of imidazole rings is 1. The number of aromatic nitrogens is 3.